The molecule has 18 heteroatoms. The third-order valence-corrected chi connectivity index (χ3v) is 11.9. The van der Waals surface area contributed by atoms with Gasteiger partial charge in [0.05, 0.1) is 45.1 Å². The van der Waals surface area contributed by atoms with Crippen LogP contribution in [0.5, 0.6) is 0 Å². The summed E-state index contributed by atoms with van der Waals surface area (Å²) in [6.07, 6.45) is -1.36. The second-order valence-corrected chi connectivity index (χ2v) is 16.5. The van der Waals surface area contributed by atoms with Gasteiger partial charge in [0.25, 0.3) is 23.3 Å². The number of carbonyl (C=O) groups is 3. The van der Waals surface area contributed by atoms with Crippen molar-refractivity contribution in [2.75, 3.05) is 49.1 Å². The number of thiocarbonyl (C=S) groups is 1. The number of aromatic nitrogens is 2. The van der Waals surface area contributed by atoms with Crippen molar-refractivity contribution in [2.24, 2.45) is 0 Å². The second kappa shape index (κ2) is 18.6. The maximum absolute atomic E-state index is 15.4. The molecule has 3 heterocycles. The molecule has 12 nitrogen and oxygen atoms in total. The summed E-state index contributed by atoms with van der Waals surface area (Å²) in [5.74, 6) is -3.18. The van der Waals surface area contributed by atoms with Crippen LogP contribution in [-0.2, 0) is 17.4 Å². The fourth-order valence-corrected chi connectivity index (χ4v) is 8.61. The zero-order chi connectivity index (χ0) is 45.9. The summed E-state index contributed by atoms with van der Waals surface area (Å²) in [4.78, 5) is 58.2. The van der Waals surface area contributed by atoms with E-state index in [1.807, 2.05) is 6.07 Å². The predicted molar refractivity (Wildman–Crippen MR) is 234 cm³/mol. The number of H-pyrrole nitrogens is 1. The highest BCUT2D eigenvalue weighted by Gasteiger charge is 2.51. The minimum absolute atomic E-state index is 0.00982. The number of nitrogens with one attached hydrogen (secondary N) is 2. The van der Waals surface area contributed by atoms with Gasteiger partial charge in [-0.25, -0.2) is 13.9 Å². The zero-order valence-corrected chi connectivity index (χ0v) is 35.7. The number of alkyl halides is 3. The molecule has 1 aromatic heterocycles. The predicted octanol–water partition coefficient (Wildman–Crippen LogP) is 7.35. The van der Waals surface area contributed by atoms with Gasteiger partial charge in [-0.1, -0.05) is 37.1 Å². The molecule has 64 heavy (non-hydrogen) atoms. The van der Waals surface area contributed by atoms with E-state index >= 15 is 4.39 Å². The molecule has 0 aliphatic carbocycles. The number of fused-ring (bicyclic) bond motifs is 1. The minimum atomic E-state index is -4.86. The van der Waals surface area contributed by atoms with Gasteiger partial charge in [-0.15, -0.1) is 0 Å². The van der Waals surface area contributed by atoms with Crippen molar-refractivity contribution in [1.29, 1.82) is 5.26 Å². The summed E-state index contributed by atoms with van der Waals surface area (Å²) in [5, 5.41) is 19.6. The maximum Gasteiger partial charge on any atom is 0.417 e. The molecule has 7 rings (SSSR count). The highest BCUT2D eigenvalue weighted by atomic mass is 32.1. The van der Waals surface area contributed by atoms with Crippen LogP contribution in [0.4, 0.5) is 33.3 Å². The number of benzene rings is 4. The van der Waals surface area contributed by atoms with Crippen LogP contribution in [0.15, 0.2) is 83.7 Å². The number of hydrogen-bond acceptors (Lipinski definition) is 8. The maximum atomic E-state index is 15.4. The van der Waals surface area contributed by atoms with Crippen molar-refractivity contribution in [3.05, 3.63) is 134 Å². The fourth-order valence-electron chi connectivity index (χ4n) is 8.09. The summed E-state index contributed by atoms with van der Waals surface area (Å²) in [5.41, 5.74) is -2.61. The van der Waals surface area contributed by atoms with Gasteiger partial charge in [-0.05, 0) is 106 Å². The molecule has 332 valence electrons. The lowest BCUT2D eigenvalue weighted by Crippen LogP contribution is -2.49. The molecule has 0 bridgehead atoms. The zero-order valence-electron chi connectivity index (χ0n) is 34.9. The third-order valence-electron chi connectivity index (χ3n) is 11.6. The van der Waals surface area contributed by atoms with Crippen LogP contribution in [0.1, 0.15) is 82.6 Å². The van der Waals surface area contributed by atoms with Crippen molar-refractivity contribution in [3.8, 4) is 6.07 Å². The van der Waals surface area contributed by atoms with Crippen LogP contribution in [0.25, 0.3) is 10.8 Å². The van der Waals surface area contributed by atoms with E-state index in [0.29, 0.717) is 73.7 Å². The van der Waals surface area contributed by atoms with Crippen LogP contribution in [0, 0.1) is 23.0 Å². The van der Waals surface area contributed by atoms with Crippen LogP contribution < -0.4 is 20.7 Å². The number of aromatic amines is 1. The number of nitriles is 1. The normalized spacial score (nSPS) is 15.5. The number of halogens is 5. The lowest BCUT2D eigenvalue weighted by Gasteiger charge is -2.35. The molecule has 2 saturated heterocycles. The van der Waals surface area contributed by atoms with Crippen molar-refractivity contribution < 1.29 is 36.3 Å². The van der Waals surface area contributed by atoms with Crippen LogP contribution >= 0.6 is 12.2 Å². The Bertz CT molecular complexity index is 2750. The van der Waals surface area contributed by atoms with Crippen molar-refractivity contribution in [1.82, 2.24) is 25.3 Å². The summed E-state index contributed by atoms with van der Waals surface area (Å²) in [7, 11) is 0. The highest BCUT2D eigenvalue weighted by Crippen LogP contribution is 2.40. The van der Waals surface area contributed by atoms with Gasteiger partial charge in [0.2, 0.25) is 0 Å². The Labute approximate surface area is 370 Å². The van der Waals surface area contributed by atoms with Gasteiger partial charge in [0.1, 0.15) is 17.2 Å². The average molecular weight is 899 g/mol. The van der Waals surface area contributed by atoms with Gasteiger partial charge in [-0.2, -0.15) is 23.5 Å². The first-order chi connectivity index (χ1) is 30.5. The summed E-state index contributed by atoms with van der Waals surface area (Å²) in [6.45, 7) is 6.24. The van der Waals surface area contributed by atoms with E-state index in [1.54, 1.807) is 35.2 Å². The molecule has 0 atom stereocenters. The molecule has 5 aromatic rings. The number of unbranched alkanes of at least 4 members (excludes halogenated alkanes) is 3. The topological polar surface area (TPSA) is 146 Å². The summed E-state index contributed by atoms with van der Waals surface area (Å²) < 4.78 is 71.5. The standard InChI is InChI=1S/C46H43F5N8O4S/c1-45(2)43(63)58(30-13-12-29(27-52)36(25-30)46(49,50)51)44(64)59(45)31-14-15-34(38(48)26-31)40(60)53-17-7-3-4-8-18-56-19-21-57(22-20-56)42(62)35-23-28(11-16-37(35)47)24-39-32-9-5-6-10-33(32)41(61)55-54-39/h5-6,9-16,23,25-26H,3-4,7-8,17-22,24H2,1-2H3,(H,53,60)(H,55,61). The number of hydrogen-bond donors (Lipinski definition) is 2. The molecular formula is C46H43F5N8O4S. The van der Waals surface area contributed by atoms with Gasteiger partial charge < -0.3 is 15.1 Å². The largest absolute Gasteiger partial charge is 0.417 e. The van der Waals surface area contributed by atoms with E-state index in [9.17, 15) is 42.0 Å². The molecule has 0 spiro atoms. The number of anilines is 2. The smallest absolute Gasteiger partial charge is 0.352 e. The van der Waals surface area contributed by atoms with E-state index in [4.69, 9.17) is 12.2 Å². The third kappa shape index (κ3) is 9.36. The van der Waals surface area contributed by atoms with Crippen LogP contribution in [-0.4, -0.2) is 87.6 Å². The Morgan fingerprint density at radius 3 is 2.27 bits per heavy atom. The molecular weight excluding hydrogens is 856 g/mol. The van der Waals surface area contributed by atoms with E-state index < -0.39 is 46.3 Å². The van der Waals surface area contributed by atoms with Crippen molar-refractivity contribution >= 4 is 57.2 Å². The molecule has 0 unspecified atom stereocenters. The van der Waals surface area contributed by atoms with Gasteiger partial charge in [-0.3, -0.25) is 29.0 Å². The number of rotatable bonds is 13. The Hall–Kier alpha value is -6.58. The van der Waals surface area contributed by atoms with Gasteiger partial charge in [0, 0.05) is 50.2 Å². The Morgan fingerprint density at radius 1 is 0.859 bits per heavy atom. The average Bonchev–Trinajstić information content (AvgIpc) is 3.45. The van der Waals surface area contributed by atoms with Gasteiger partial charge in [0.15, 0.2) is 5.11 Å². The van der Waals surface area contributed by atoms with E-state index in [2.05, 4.69) is 20.4 Å². The Kier molecular flexibility index (Phi) is 13.2. The lowest BCUT2D eigenvalue weighted by atomic mass is 10.0. The first-order valence-electron chi connectivity index (χ1n) is 20.6. The first kappa shape index (κ1) is 45.4. The quantitative estimate of drug-likeness (QED) is 0.0704. The van der Waals surface area contributed by atoms with E-state index in [1.165, 1.54) is 49.1 Å². The first-order valence-corrected chi connectivity index (χ1v) is 21.0. The van der Waals surface area contributed by atoms with E-state index in [-0.39, 0.29) is 39.1 Å². The molecule has 2 aliphatic heterocycles. The molecule has 2 N–H and O–H groups in total. The molecule has 0 saturated carbocycles. The molecule has 3 amide bonds. The molecule has 2 fully saturated rings. The Balaban J connectivity index is 0.843. The number of amides is 3. The van der Waals surface area contributed by atoms with Crippen molar-refractivity contribution in [2.45, 2.75) is 57.7 Å². The fraction of sp³-hybridized carbons (Fsp3) is 0.326. The molecule has 2 aliphatic rings. The number of nitrogens with zero attached hydrogens (tertiary/aromatic N) is 6. The molecule has 4 aromatic carbocycles. The summed E-state index contributed by atoms with van der Waals surface area (Å²) >= 11 is 5.53. The monoisotopic (exact) mass is 898 g/mol. The second-order valence-electron chi connectivity index (χ2n) is 16.2. The van der Waals surface area contributed by atoms with Crippen molar-refractivity contribution in [3.63, 3.8) is 0 Å². The van der Waals surface area contributed by atoms with Crippen LogP contribution in [0.3, 0.4) is 0 Å². The van der Waals surface area contributed by atoms with Gasteiger partial charge >= 0.3 is 6.18 Å². The number of carbonyl (C=O) groups excluding carboxylic acids is 3. The molecule has 0 radical (unpaired) electrons. The minimum Gasteiger partial charge on any atom is -0.352 e. The lowest BCUT2D eigenvalue weighted by molar-refractivity contribution is -0.137. The van der Waals surface area contributed by atoms with Crippen LogP contribution in [0.2, 0.25) is 0 Å². The Morgan fingerprint density at radius 2 is 1.56 bits per heavy atom. The summed E-state index contributed by atoms with van der Waals surface area (Å²) in [6, 6.07) is 19.6. The number of piperazine rings is 1. The SMILES string of the molecule is CC1(C)C(=O)N(c2ccc(C#N)c(C(F)(F)F)c2)C(=S)N1c1ccc(C(=O)NCCCCCCN2CCN(C(=O)c3cc(Cc4n[nH]c(=O)c5ccccc45)ccc3F)CC2)c(F)c1. The van der Waals surface area contributed by atoms with E-state index in [0.717, 1.165) is 42.8 Å². The highest BCUT2D eigenvalue weighted by molar-refractivity contribution is 7.81.